The number of anilines is 2. The van der Waals surface area contributed by atoms with E-state index in [0.29, 0.717) is 5.69 Å². The van der Waals surface area contributed by atoms with Crippen LogP contribution in [0.1, 0.15) is 13.8 Å². The van der Waals surface area contributed by atoms with Crippen molar-refractivity contribution in [1.29, 1.82) is 0 Å². The Kier molecular flexibility index (Phi) is 4.18. The van der Waals surface area contributed by atoms with Gasteiger partial charge in [0.15, 0.2) is 0 Å². The van der Waals surface area contributed by atoms with Gasteiger partial charge in [0.05, 0.1) is 5.75 Å². The third-order valence-electron chi connectivity index (χ3n) is 2.44. The fraction of sp³-hybridized carbons (Fsp3) is 0.455. The highest BCUT2D eigenvalue weighted by molar-refractivity contribution is 7.92. The van der Waals surface area contributed by atoms with Crippen molar-refractivity contribution in [3.63, 3.8) is 0 Å². The van der Waals surface area contributed by atoms with Crippen molar-refractivity contribution in [3.8, 4) is 0 Å². The quantitative estimate of drug-likeness (QED) is 0.858. The minimum absolute atomic E-state index is 0.0869. The number of hydrogen-bond acceptors (Lipinski definition) is 3. The van der Waals surface area contributed by atoms with Crippen molar-refractivity contribution in [2.24, 2.45) is 0 Å². The van der Waals surface area contributed by atoms with Gasteiger partial charge in [0, 0.05) is 25.0 Å². The number of hydrogen-bond donors (Lipinski definition) is 1. The molecule has 16 heavy (non-hydrogen) atoms. The first-order valence-corrected chi connectivity index (χ1v) is 6.95. The molecule has 90 valence electrons. The van der Waals surface area contributed by atoms with Crippen molar-refractivity contribution in [3.05, 3.63) is 24.3 Å². The van der Waals surface area contributed by atoms with Gasteiger partial charge >= 0.3 is 0 Å². The van der Waals surface area contributed by atoms with Gasteiger partial charge in [-0.05, 0) is 38.1 Å². The van der Waals surface area contributed by atoms with Crippen LogP contribution < -0.4 is 9.62 Å². The topological polar surface area (TPSA) is 49.4 Å². The van der Waals surface area contributed by atoms with E-state index in [1.807, 2.05) is 19.2 Å². The molecule has 0 saturated carbocycles. The molecule has 1 N–H and O–H groups in total. The molecule has 0 unspecified atom stereocenters. The van der Waals surface area contributed by atoms with Crippen molar-refractivity contribution >= 4 is 21.4 Å². The minimum Gasteiger partial charge on any atom is -0.375 e. The van der Waals surface area contributed by atoms with E-state index in [4.69, 9.17) is 0 Å². The standard InChI is InChI=1S/C11H18N2O2S/c1-4-13(3)11-8-6-10(7-9-11)12-16(14,15)5-2/h6-9,12H,4-5H2,1-3H3. The van der Waals surface area contributed by atoms with Crippen molar-refractivity contribution in [1.82, 2.24) is 0 Å². The summed E-state index contributed by atoms with van der Waals surface area (Å²) in [6, 6.07) is 7.34. The molecule has 1 aromatic carbocycles. The molecule has 1 rings (SSSR count). The number of rotatable bonds is 5. The lowest BCUT2D eigenvalue weighted by atomic mass is 10.2. The molecule has 0 atom stereocenters. The molecule has 0 fully saturated rings. The summed E-state index contributed by atoms with van der Waals surface area (Å²) in [5.74, 6) is 0.0869. The van der Waals surface area contributed by atoms with Crippen LogP contribution in [0.2, 0.25) is 0 Å². The second-order valence-corrected chi connectivity index (χ2v) is 5.58. The predicted octanol–water partition coefficient (Wildman–Crippen LogP) is 1.90. The summed E-state index contributed by atoms with van der Waals surface area (Å²) in [5.41, 5.74) is 1.68. The number of sulfonamides is 1. The van der Waals surface area contributed by atoms with E-state index in [-0.39, 0.29) is 5.75 Å². The summed E-state index contributed by atoms with van der Waals surface area (Å²) in [6.07, 6.45) is 0. The summed E-state index contributed by atoms with van der Waals surface area (Å²) in [4.78, 5) is 2.08. The average Bonchev–Trinajstić information content (AvgIpc) is 2.28. The van der Waals surface area contributed by atoms with Crippen LogP contribution in [0.15, 0.2) is 24.3 Å². The van der Waals surface area contributed by atoms with Crippen LogP contribution in [-0.4, -0.2) is 27.8 Å². The Labute approximate surface area is 97.3 Å². The Morgan fingerprint density at radius 2 is 1.75 bits per heavy atom. The first kappa shape index (κ1) is 12.8. The summed E-state index contributed by atoms with van der Waals surface area (Å²) in [7, 11) is -1.18. The lowest BCUT2D eigenvalue weighted by molar-refractivity contribution is 0.602. The molecule has 0 aliphatic carbocycles. The van der Waals surface area contributed by atoms with Crippen LogP contribution in [0.25, 0.3) is 0 Å². The minimum atomic E-state index is -3.17. The summed E-state index contributed by atoms with van der Waals surface area (Å²) in [6.45, 7) is 4.59. The molecule has 0 heterocycles. The molecule has 0 aliphatic heterocycles. The van der Waals surface area contributed by atoms with E-state index in [1.165, 1.54) is 0 Å². The van der Waals surface area contributed by atoms with Crippen LogP contribution in [-0.2, 0) is 10.0 Å². The van der Waals surface area contributed by atoms with E-state index >= 15 is 0 Å². The van der Waals surface area contributed by atoms with Gasteiger partial charge < -0.3 is 4.90 Å². The highest BCUT2D eigenvalue weighted by Crippen LogP contribution is 2.17. The fourth-order valence-corrected chi connectivity index (χ4v) is 1.86. The largest absolute Gasteiger partial charge is 0.375 e. The molecular formula is C11H18N2O2S. The predicted molar refractivity (Wildman–Crippen MR) is 68.5 cm³/mol. The molecule has 5 heteroatoms. The zero-order chi connectivity index (χ0) is 12.2. The Bertz CT molecular complexity index is 426. The molecule has 0 saturated heterocycles. The SMILES string of the molecule is CCN(C)c1ccc(NS(=O)(=O)CC)cc1. The van der Waals surface area contributed by atoms with E-state index in [2.05, 4.69) is 16.5 Å². The molecule has 0 aromatic heterocycles. The maximum atomic E-state index is 11.3. The summed E-state index contributed by atoms with van der Waals surface area (Å²) < 4.78 is 25.2. The Morgan fingerprint density at radius 3 is 2.19 bits per heavy atom. The normalized spacial score (nSPS) is 11.2. The average molecular weight is 242 g/mol. The van der Waals surface area contributed by atoms with Crippen LogP contribution in [0, 0.1) is 0 Å². The van der Waals surface area contributed by atoms with E-state index in [1.54, 1.807) is 19.1 Å². The molecule has 1 aromatic rings. The second-order valence-electron chi connectivity index (χ2n) is 3.57. The van der Waals surface area contributed by atoms with Crippen molar-refractivity contribution in [2.75, 3.05) is 29.0 Å². The number of nitrogens with one attached hydrogen (secondary N) is 1. The molecule has 0 aliphatic rings. The third kappa shape index (κ3) is 3.41. The molecular weight excluding hydrogens is 224 g/mol. The first-order chi connectivity index (χ1) is 7.48. The second kappa shape index (κ2) is 5.21. The zero-order valence-corrected chi connectivity index (χ0v) is 10.7. The van der Waals surface area contributed by atoms with Crippen molar-refractivity contribution in [2.45, 2.75) is 13.8 Å². The van der Waals surface area contributed by atoms with Gasteiger partial charge in [-0.1, -0.05) is 0 Å². The number of nitrogens with zero attached hydrogens (tertiary/aromatic N) is 1. The van der Waals surface area contributed by atoms with Gasteiger partial charge in [0.2, 0.25) is 10.0 Å². The highest BCUT2D eigenvalue weighted by atomic mass is 32.2. The van der Waals surface area contributed by atoms with Gasteiger partial charge in [0.25, 0.3) is 0 Å². The summed E-state index contributed by atoms with van der Waals surface area (Å²) in [5, 5.41) is 0. The summed E-state index contributed by atoms with van der Waals surface area (Å²) >= 11 is 0. The first-order valence-electron chi connectivity index (χ1n) is 5.30. The van der Waals surface area contributed by atoms with Crippen LogP contribution >= 0.6 is 0 Å². The maximum absolute atomic E-state index is 11.3. The highest BCUT2D eigenvalue weighted by Gasteiger charge is 2.06. The maximum Gasteiger partial charge on any atom is 0.232 e. The van der Waals surface area contributed by atoms with E-state index < -0.39 is 10.0 Å². The van der Waals surface area contributed by atoms with Gasteiger partial charge in [-0.3, -0.25) is 4.72 Å². The lowest BCUT2D eigenvalue weighted by Gasteiger charge is -2.17. The van der Waals surface area contributed by atoms with Gasteiger partial charge in [-0.25, -0.2) is 8.42 Å². The number of benzene rings is 1. The van der Waals surface area contributed by atoms with Crippen LogP contribution in [0.4, 0.5) is 11.4 Å². The monoisotopic (exact) mass is 242 g/mol. The molecule has 0 spiro atoms. The fourth-order valence-electron chi connectivity index (χ4n) is 1.22. The Morgan fingerprint density at radius 1 is 1.19 bits per heavy atom. The van der Waals surface area contributed by atoms with Gasteiger partial charge in [0.1, 0.15) is 0 Å². The van der Waals surface area contributed by atoms with E-state index in [0.717, 1.165) is 12.2 Å². The van der Waals surface area contributed by atoms with Crippen molar-refractivity contribution < 1.29 is 8.42 Å². The molecule has 0 amide bonds. The van der Waals surface area contributed by atoms with Crippen LogP contribution in [0.5, 0.6) is 0 Å². The third-order valence-corrected chi connectivity index (χ3v) is 3.74. The van der Waals surface area contributed by atoms with Gasteiger partial charge in [-0.15, -0.1) is 0 Å². The smallest absolute Gasteiger partial charge is 0.232 e. The lowest BCUT2D eigenvalue weighted by Crippen LogP contribution is -2.16. The van der Waals surface area contributed by atoms with E-state index in [9.17, 15) is 8.42 Å². The molecule has 0 bridgehead atoms. The van der Waals surface area contributed by atoms with Gasteiger partial charge in [-0.2, -0.15) is 0 Å². The van der Waals surface area contributed by atoms with Crippen LogP contribution in [0.3, 0.4) is 0 Å². The Balaban J connectivity index is 2.80. The molecule has 0 radical (unpaired) electrons. The zero-order valence-electron chi connectivity index (χ0n) is 9.90. The Hall–Kier alpha value is -1.23. The molecule has 4 nitrogen and oxygen atoms in total.